The summed E-state index contributed by atoms with van der Waals surface area (Å²) in [6, 6.07) is 5.25. The van der Waals surface area contributed by atoms with Crippen molar-refractivity contribution >= 4 is 5.91 Å². The predicted molar refractivity (Wildman–Crippen MR) is 83.9 cm³/mol. The summed E-state index contributed by atoms with van der Waals surface area (Å²) < 4.78 is 22.1. The molecule has 2 aliphatic heterocycles. The smallest absolute Gasteiger partial charge is 0.257 e. The highest BCUT2D eigenvalue weighted by Gasteiger charge is 2.39. The van der Waals surface area contributed by atoms with Gasteiger partial charge in [0.2, 0.25) is 0 Å². The zero-order chi connectivity index (χ0) is 16.3. The van der Waals surface area contributed by atoms with E-state index >= 15 is 0 Å². The first kappa shape index (κ1) is 16.1. The van der Waals surface area contributed by atoms with Crippen molar-refractivity contribution in [2.45, 2.75) is 25.0 Å². The first-order valence-corrected chi connectivity index (χ1v) is 7.97. The summed E-state index contributed by atoms with van der Waals surface area (Å²) in [5.41, 5.74) is 0.551. The molecule has 2 saturated heterocycles. The Bertz CT molecular complexity index is 558. The molecule has 1 aromatic carbocycles. The second-order valence-electron chi connectivity index (χ2n) is 5.82. The van der Waals surface area contributed by atoms with Crippen LogP contribution in [0.1, 0.15) is 29.6 Å². The van der Waals surface area contributed by atoms with E-state index in [4.69, 9.17) is 18.9 Å². The molecule has 0 radical (unpaired) electrons. The molecule has 0 aliphatic carbocycles. The maximum atomic E-state index is 12.8. The molecule has 0 bridgehead atoms. The van der Waals surface area contributed by atoms with Crippen LogP contribution in [0.15, 0.2) is 18.2 Å². The highest BCUT2D eigenvalue weighted by molar-refractivity contribution is 5.97. The van der Waals surface area contributed by atoms with E-state index in [2.05, 4.69) is 0 Å². The van der Waals surface area contributed by atoms with E-state index in [1.807, 2.05) is 4.90 Å². The molecule has 1 spiro atoms. The van der Waals surface area contributed by atoms with Crippen LogP contribution >= 0.6 is 0 Å². The third-order valence-electron chi connectivity index (χ3n) is 4.47. The lowest BCUT2D eigenvalue weighted by Gasteiger charge is -2.43. The Balaban J connectivity index is 1.70. The van der Waals surface area contributed by atoms with Crippen LogP contribution in [0, 0.1) is 0 Å². The van der Waals surface area contributed by atoms with Crippen molar-refractivity contribution in [2.24, 2.45) is 0 Å². The maximum Gasteiger partial charge on any atom is 0.257 e. The van der Waals surface area contributed by atoms with E-state index in [1.54, 1.807) is 32.4 Å². The average Bonchev–Trinajstić information content (AvgIpc) is 2.62. The first-order chi connectivity index (χ1) is 11.2. The molecule has 3 rings (SSSR count). The quantitative estimate of drug-likeness (QED) is 0.853. The molecule has 1 aromatic rings. The normalized spacial score (nSPS) is 20.3. The van der Waals surface area contributed by atoms with Crippen molar-refractivity contribution < 1.29 is 23.7 Å². The van der Waals surface area contributed by atoms with E-state index < -0.39 is 5.79 Å². The molecule has 0 saturated carbocycles. The third-order valence-corrected chi connectivity index (χ3v) is 4.47. The van der Waals surface area contributed by atoms with Crippen LogP contribution in [0.4, 0.5) is 0 Å². The van der Waals surface area contributed by atoms with Gasteiger partial charge in [-0.3, -0.25) is 4.79 Å². The van der Waals surface area contributed by atoms with Gasteiger partial charge in [0.05, 0.1) is 33.0 Å². The molecule has 0 unspecified atom stereocenters. The van der Waals surface area contributed by atoms with Crippen LogP contribution in [-0.2, 0) is 9.47 Å². The summed E-state index contributed by atoms with van der Waals surface area (Å²) in [7, 11) is 3.14. The molecule has 1 amide bonds. The number of amides is 1. The summed E-state index contributed by atoms with van der Waals surface area (Å²) in [6.45, 7) is 2.71. The van der Waals surface area contributed by atoms with Crippen molar-refractivity contribution in [3.63, 3.8) is 0 Å². The Morgan fingerprint density at radius 2 is 1.83 bits per heavy atom. The van der Waals surface area contributed by atoms with E-state index in [0.717, 1.165) is 19.6 Å². The van der Waals surface area contributed by atoms with E-state index in [0.29, 0.717) is 43.0 Å². The standard InChI is InChI=1S/C17H23NO5/c1-20-13-4-5-14(15(12-13)21-2)16(19)18-8-6-17(7-9-18)22-10-3-11-23-17/h4-5,12H,3,6-11H2,1-2H3. The van der Waals surface area contributed by atoms with Crippen LogP contribution in [-0.4, -0.2) is 57.1 Å². The van der Waals surface area contributed by atoms with E-state index in [-0.39, 0.29) is 5.91 Å². The summed E-state index contributed by atoms with van der Waals surface area (Å²) in [5, 5.41) is 0. The second kappa shape index (κ2) is 6.76. The van der Waals surface area contributed by atoms with Gasteiger partial charge in [-0.15, -0.1) is 0 Å². The van der Waals surface area contributed by atoms with Gasteiger partial charge in [-0.1, -0.05) is 0 Å². The average molecular weight is 321 g/mol. The summed E-state index contributed by atoms with van der Waals surface area (Å²) in [4.78, 5) is 14.6. The number of hydrogen-bond donors (Lipinski definition) is 0. The highest BCUT2D eigenvalue weighted by Crippen LogP contribution is 2.32. The largest absolute Gasteiger partial charge is 0.497 e. The van der Waals surface area contributed by atoms with Gasteiger partial charge < -0.3 is 23.8 Å². The monoisotopic (exact) mass is 321 g/mol. The fourth-order valence-corrected chi connectivity index (χ4v) is 3.10. The van der Waals surface area contributed by atoms with Gasteiger partial charge in [-0.05, 0) is 18.6 Å². The van der Waals surface area contributed by atoms with Crippen molar-refractivity contribution in [1.29, 1.82) is 0 Å². The lowest BCUT2D eigenvalue weighted by atomic mass is 10.0. The van der Waals surface area contributed by atoms with Gasteiger partial charge in [0.15, 0.2) is 5.79 Å². The molecular formula is C17H23NO5. The summed E-state index contributed by atoms with van der Waals surface area (Å²) in [6.07, 6.45) is 2.35. The molecule has 2 heterocycles. The number of rotatable bonds is 3. The Morgan fingerprint density at radius 3 is 2.43 bits per heavy atom. The van der Waals surface area contributed by atoms with Crippen LogP contribution in [0.5, 0.6) is 11.5 Å². The molecule has 6 nitrogen and oxygen atoms in total. The minimum Gasteiger partial charge on any atom is -0.497 e. The minimum atomic E-state index is -0.487. The SMILES string of the molecule is COc1ccc(C(=O)N2CCC3(CC2)OCCCO3)c(OC)c1. The number of carbonyl (C=O) groups excluding carboxylic acids is 1. The van der Waals surface area contributed by atoms with Gasteiger partial charge in [0.25, 0.3) is 5.91 Å². The zero-order valence-electron chi connectivity index (χ0n) is 13.7. The topological polar surface area (TPSA) is 57.2 Å². The Labute approximate surface area is 136 Å². The third kappa shape index (κ3) is 3.28. The van der Waals surface area contributed by atoms with Crippen LogP contribution in [0.25, 0.3) is 0 Å². The number of methoxy groups -OCH3 is 2. The van der Waals surface area contributed by atoms with Crippen molar-refractivity contribution in [1.82, 2.24) is 4.90 Å². The van der Waals surface area contributed by atoms with Crippen LogP contribution < -0.4 is 9.47 Å². The molecule has 0 N–H and O–H groups in total. The number of carbonyl (C=O) groups is 1. The van der Waals surface area contributed by atoms with Crippen molar-refractivity contribution in [2.75, 3.05) is 40.5 Å². The Kier molecular flexibility index (Phi) is 4.73. The Morgan fingerprint density at radius 1 is 1.13 bits per heavy atom. The van der Waals surface area contributed by atoms with Crippen LogP contribution in [0.2, 0.25) is 0 Å². The molecule has 2 fully saturated rings. The molecule has 23 heavy (non-hydrogen) atoms. The lowest BCUT2D eigenvalue weighted by molar-refractivity contribution is -0.281. The minimum absolute atomic E-state index is 0.0323. The van der Waals surface area contributed by atoms with Gasteiger partial charge in [0, 0.05) is 32.0 Å². The highest BCUT2D eigenvalue weighted by atomic mass is 16.7. The van der Waals surface area contributed by atoms with E-state index in [1.165, 1.54) is 0 Å². The molecular weight excluding hydrogens is 298 g/mol. The van der Waals surface area contributed by atoms with Gasteiger partial charge in [0.1, 0.15) is 11.5 Å². The molecule has 2 aliphatic rings. The fourth-order valence-electron chi connectivity index (χ4n) is 3.10. The van der Waals surface area contributed by atoms with Gasteiger partial charge in [-0.25, -0.2) is 0 Å². The maximum absolute atomic E-state index is 12.8. The Hall–Kier alpha value is -1.79. The second-order valence-corrected chi connectivity index (χ2v) is 5.82. The molecule has 0 aromatic heterocycles. The van der Waals surface area contributed by atoms with Gasteiger partial charge in [-0.2, -0.15) is 0 Å². The zero-order valence-corrected chi connectivity index (χ0v) is 13.7. The fraction of sp³-hybridized carbons (Fsp3) is 0.588. The number of nitrogens with zero attached hydrogens (tertiary/aromatic N) is 1. The number of piperidine rings is 1. The first-order valence-electron chi connectivity index (χ1n) is 7.97. The van der Waals surface area contributed by atoms with Gasteiger partial charge >= 0.3 is 0 Å². The number of likely N-dealkylation sites (tertiary alicyclic amines) is 1. The number of benzene rings is 1. The van der Waals surface area contributed by atoms with Crippen molar-refractivity contribution in [3.8, 4) is 11.5 Å². The number of ether oxygens (including phenoxy) is 4. The molecule has 126 valence electrons. The van der Waals surface area contributed by atoms with E-state index in [9.17, 15) is 4.79 Å². The molecule has 6 heteroatoms. The predicted octanol–water partition coefficient (Wildman–Crippen LogP) is 2.07. The lowest BCUT2D eigenvalue weighted by Crippen LogP contribution is -2.51. The molecule has 0 atom stereocenters. The summed E-state index contributed by atoms with van der Waals surface area (Å²) >= 11 is 0. The van der Waals surface area contributed by atoms with Crippen molar-refractivity contribution in [3.05, 3.63) is 23.8 Å². The summed E-state index contributed by atoms with van der Waals surface area (Å²) in [5.74, 6) is 0.675. The number of hydrogen-bond acceptors (Lipinski definition) is 5. The van der Waals surface area contributed by atoms with Crippen LogP contribution in [0.3, 0.4) is 0 Å².